The van der Waals surface area contributed by atoms with Crippen molar-refractivity contribution in [2.45, 2.75) is 27.9 Å². The molecule has 0 heterocycles. The van der Waals surface area contributed by atoms with Crippen LogP contribution in [0.25, 0.3) is 0 Å². The van der Waals surface area contributed by atoms with Crippen LogP contribution in [0.3, 0.4) is 0 Å². The highest BCUT2D eigenvalue weighted by Gasteiger charge is 2.81. The molecule has 19 heavy (non-hydrogen) atoms. The zero-order valence-electron chi connectivity index (χ0n) is 7.94. The Morgan fingerprint density at radius 3 is 1.21 bits per heavy atom. The molecule has 0 aromatic rings. The van der Waals surface area contributed by atoms with E-state index in [0.717, 1.165) is 0 Å². The van der Waals surface area contributed by atoms with Crippen LogP contribution < -0.4 is 0 Å². The second-order valence-corrected chi connectivity index (χ2v) is 4.40. The van der Waals surface area contributed by atoms with Gasteiger partial charge in [0.1, 0.15) is 0 Å². The maximum Gasteiger partial charge on any atom is 0.460 e. The van der Waals surface area contributed by atoms with Gasteiger partial charge in [-0.3, -0.25) is 4.79 Å². The molecule has 0 atom stereocenters. The number of halogens is 12. The van der Waals surface area contributed by atoms with E-state index in [1.165, 1.54) is 0 Å². The molecule has 0 fully saturated rings. The van der Waals surface area contributed by atoms with Crippen molar-refractivity contribution < 1.29 is 53.1 Å². The Hall–Kier alpha value is -0.370. The van der Waals surface area contributed by atoms with Crippen molar-refractivity contribution in [2.75, 3.05) is 0 Å². The average Bonchev–Trinajstić information content (AvgIpc) is 2.12. The molecule has 13 heteroatoms. The molecule has 0 aromatic heterocycles. The fraction of sp³-hybridized carbons (Fsp3) is 0.833. The Morgan fingerprint density at radius 1 is 0.684 bits per heavy atom. The van der Waals surface area contributed by atoms with E-state index in [0.29, 0.717) is 0 Å². The largest absolute Gasteiger partial charge is 0.460 e. The third-order valence-electron chi connectivity index (χ3n) is 1.68. The van der Waals surface area contributed by atoms with Crippen LogP contribution in [0.4, 0.5) is 48.3 Å². The van der Waals surface area contributed by atoms with Crippen molar-refractivity contribution in [2.24, 2.45) is 0 Å². The van der Waals surface area contributed by atoms with Gasteiger partial charge >= 0.3 is 27.9 Å². The van der Waals surface area contributed by atoms with E-state index >= 15 is 0 Å². The highest BCUT2D eigenvalue weighted by molar-refractivity contribution is 14.1. The summed E-state index contributed by atoms with van der Waals surface area (Å²) in [6.07, 6.45) is -7.08. The van der Waals surface area contributed by atoms with E-state index < -0.39 is 56.2 Å². The van der Waals surface area contributed by atoms with Crippen molar-refractivity contribution in [3.05, 3.63) is 0 Å². The first-order valence-corrected chi connectivity index (χ1v) is 4.80. The number of hydrogen-bond acceptors (Lipinski definition) is 1. The van der Waals surface area contributed by atoms with E-state index in [9.17, 15) is 53.1 Å². The number of Topliss-reactive ketones (excluding diaryl/α,β-unsaturated/α-hetero) is 1. The van der Waals surface area contributed by atoms with Gasteiger partial charge in [0.05, 0.1) is 0 Å². The minimum Gasteiger partial charge on any atom is -0.285 e. The van der Waals surface area contributed by atoms with Crippen molar-refractivity contribution in [1.82, 2.24) is 0 Å². The first-order chi connectivity index (χ1) is 7.90. The lowest BCUT2D eigenvalue weighted by Crippen LogP contribution is -2.62. The van der Waals surface area contributed by atoms with E-state index in [1.807, 2.05) is 0 Å². The highest BCUT2D eigenvalue weighted by Crippen LogP contribution is 2.51. The van der Waals surface area contributed by atoms with Crippen molar-refractivity contribution in [3.63, 3.8) is 0 Å². The van der Waals surface area contributed by atoms with Gasteiger partial charge in [-0.2, -0.15) is 48.3 Å². The average molecular weight is 424 g/mol. The fourth-order valence-electron chi connectivity index (χ4n) is 0.646. The Labute approximate surface area is 110 Å². The third kappa shape index (κ3) is 2.89. The predicted octanol–water partition coefficient (Wildman–Crippen LogP) is 4.05. The van der Waals surface area contributed by atoms with Crippen molar-refractivity contribution in [1.29, 1.82) is 0 Å². The smallest absolute Gasteiger partial charge is 0.285 e. The van der Waals surface area contributed by atoms with Crippen LogP contribution in [0.15, 0.2) is 0 Å². The summed E-state index contributed by atoms with van der Waals surface area (Å²) < 4.78 is 128. The number of rotatable bonds is 4. The molecule has 114 valence electrons. The number of carbonyl (C=O) groups excluding carboxylic acids is 1. The van der Waals surface area contributed by atoms with Crippen LogP contribution in [0, 0.1) is 0 Å². The molecule has 0 saturated heterocycles. The minimum absolute atomic E-state index is 0.540. The zero-order valence-corrected chi connectivity index (χ0v) is 10.1. The van der Waals surface area contributed by atoms with Gasteiger partial charge in [-0.15, -0.1) is 0 Å². The van der Waals surface area contributed by atoms with Gasteiger partial charge in [-0.05, 0) is 0 Å². The van der Waals surface area contributed by atoms with Crippen LogP contribution in [0.2, 0.25) is 0 Å². The number of hydrogen-bond donors (Lipinski definition) is 0. The Morgan fingerprint density at radius 2 is 1.00 bits per heavy atom. The number of alkyl halides is 12. The lowest BCUT2D eigenvalue weighted by atomic mass is 10.0. The van der Waals surface area contributed by atoms with E-state index in [2.05, 4.69) is 0 Å². The highest BCUT2D eigenvalue weighted by atomic mass is 127. The van der Waals surface area contributed by atoms with Crippen LogP contribution in [-0.4, -0.2) is 33.7 Å². The fourth-order valence-corrected chi connectivity index (χ4v) is 0.891. The summed E-state index contributed by atoms with van der Waals surface area (Å²) in [6, 6.07) is 0. The van der Waals surface area contributed by atoms with E-state index in [-0.39, 0.29) is 0 Å². The zero-order chi connectivity index (χ0) is 16.1. The maximum atomic E-state index is 12.5. The van der Waals surface area contributed by atoms with Crippen LogP contribution in [0.5, 0.6) is 0 Å². The summed E-state index contributed by atoms with van der Waals surface area (Å²) >= 11 is -0.540. The third-order valence-corrected chi connectivity index (χ3v) is 2.35. The molecule has 0 aliphatic carbocycles. The molecule has 0 bridgehead atoms. The molecule has 0 aliphatic heterocycles. The molecule has 0 N–H and O–H groups in total. The molecular weight excluding hydrogens is 424 g/mol. The Bertz CT molecular complexity index is 364. The van der Waals surface area contributed by atoms with Crippen molar-refractivity contribution in [3.8, 4) is 0 Å². The summed E-state index contributed by atoms with van der Waals surface area (Å²) in [5.41, 5.74) is 0. The second kappa shape index (κ2) is 4.58. The summed E-state index contributed by atoms with van der Waals surface area (Å²) in [7, 11) is 0. The quantitative estimate of drug-likeness (QED) is 0.379. The normalized spacial score (nSPS) is 15.6. The van der Waals surface area contributed by atoms with Gasteiger partial charge in [-0.1, -0.05) is 0 Å². The standard InChI is InChI=1S/C6F11IO/c7-2(8,4(11,12)5(13,14)15)1(19)3(9,10)6(16,17)18. The van der Waals surface area contributed by atoms with Crippen molar-refractivity contribution >= 4 is 28.4 Å². The first-order valence-electron chi connectivity index (χ1n) is 3.72. The molecule has 0 unspecified atom stereocenters. The summed E-state index contributed by atoms with van der Waals surface area (Å²) in [6.45, 7) is 0. The monoisotopic (exact) mass is 424 g/mol. The minimum atomic E-state index is -7.22. The molecule has 0 aliphatic rings. The second-order valence-electron chi connectivity index (χ2n) is 3.05. The van der Waals surface area contributed by atoms with Gasteiger partial charge in [0.15, 0.2) is 0 Å². The van der Waals surface area contributed by atoms with Crippen LogP contribution in [-0.2, 0) is 4.79 Å². The SMILES string of the molecule is O=C(C(F)(F)C(F)(F)I)C(F)(F)C(F)(F)C(F)(F)F. The molecule has 0 spiro atoms. The van der Waals surface area contributed by atoms with E-state index in [4.69, 9.17) is 0 Å². The van der Waals surface area contributed by atoms with Gasteiger partial charge in [0.2, 0.25) is 0 Å². The van der Waals surface area contributed by atoms with Gasteiger partial charge in [-0.25, -0.2) is 0 Å². The molecule has 1 nitrogen and oxygen atoms in total. The first kappa shape index (κ1) is 18.6. The molecular formula is C6F11IO. The van der Waals surface area contributed by atoms with Gasteiger partial charge in [0.25, 0.3) is 5.78 Å². The Kier molecular flexibility index (Phi) is 4.49. The van der Waals surface area contributed by atoms with Gasteiger partial charge in [0, 0.05) is 22.6 Å². The summed E-state index contributed by atoms with van der Waals surface area (Å²) in [4.78, 5) is 10.3. The lowest BCUT2D eigenvalue weighted by Gasteiger charge is -2.30. The molecule has 0 aromatic carbocycles. The maximum absolute atomic E-state index is 12.5. The number of carbonyl (C=O) groups is 1. The predicted molar refractivity (Wildman–Crippen MR) is 44.9 cm³/mol. The number of ketones is 1. The molecule has 0 amide bonds. The summed E-state index contributed by atoms with van der Waals surface area (Å²) in [5, 5.41) is 0. The lowest BCUT2D eigenvalue weighted by molar-refractivity contribution is -0.348. The van der Waals surface area contributed by atoms with Gasteiger partial charge < -0.3 is 0 Å². The Balaban J connectivity index is 5.78. The van der Waals surface area contributed by atoms with Crippen LogP contribution in [0.1, 0.15) is 0 Å². The summed E-state index contributed by atoms with van der Waals surface area (Å²) in [5.74, 6) is -25.2. The molecule has 0 radical (unpaired) electrons. The van der Waals surface area contributed by atoms with Crippen LogP contribution >= 0.6 is 22.6 Å². The van der Waals surface area contributed by atoms with E-state index in [1.54, 1.807) is 0 Å². The molecule has 0 rings (SSSR count). The topological polar surface area (TPSA) is 17.1 Å². The molecule has 0 saturated carbocycles.